The summed E-state index contributed by atoms with van der Waals surface area (Å²) < 4.78 is 0. The highest BCUT2D eigenvalue weighted by molar-refractivity contribution is 5.39. The Labute approximate surface area is 153 Å². The topological polar surface area (TPSA) is 0 Å². The molecule has 25 heavy (non-hydrogen) atoms. The Morgan fingerprint density at radius 3 is 0.840 bits per heavy atom. The van der Waals surface area contributed by atoms with Gasteiger partial charge in [0.25, 0.3) is 0 Å². The van der Waals surface area contributed by atoms with Gasteiger partial charge in [-0.25, -0.2) is 0 Å². The van der Waals surface area contributed by atoms with Gasteiger partial charge in [0, 0.05) is 5.41 Å². The van der Waals surface area contributed by atoms with Gasteiger partial charge in [-0.05, 0) is 38.8 Å². The zero-order chi connectivity index (χ0) is 18.4. The maximum absolute atomic E-state index is 2.28. The summed E-state index contributed by atoms with van der Waals surface area (Å²) in [5, 5.41) is 0. The minimum atomic E-state index is 0.0708. The van der Waals surface area contributed by atoms with Gasteiger partial charge in [-0.1, -0.05) is 109 Å². The number of hydrogen-bond donors (Lipinski definition) is 0. The fourth-order valence-electron chi connectivity index (χ4n) is 2.74. The first-order valence-corrected chi connectivity index (χ1v) is 8.96. The Balaban J connectivity index is 0.000000236. The molecule has 3 aromatic carbocycles. The van der Waals surface area contributed by atoms with Crippen molar-refractivity contribution in [3.8, 4) is 0 Å². The first kappa shape index (κ1) is 19.0. The monoisotopic (exact) mass is 330 g/mol. The first-order valence-electron chi connectivity index (χ1n) is 8.96. The van der Waals surface area contributed by atoms with Crippen LogP contribution < -0.4 is 0 Å². The molecule has 3 aromatic rings. The van der Waals surface area contributed by atoms with E-state index in [9.17, 15) is 0 Å². The fraction of sp³-hybridized carbons (Fsp3) is 0.280. The minimum Gasteiger partial charge on any atom is -0.0591 e. The third kappa shape index (κ3) is 5.32. The van der Waals surface area contributed by atoms with Gasteiger partial charge in [0.1, 0.15) is 0 Å². The maximum Gasteiger partial charge on any atom is 0.0146 e. The Morgan fingerprint density at radius 1 is 0.400 bits per heavy atom. The maximum atomic E-state index is 2.28. The molecule has 0 unspecified atom stereocenters. The molecule has 0 saturated heterocycles. The van der Waals surface area contributed by atoms with Crippen LogP contribution in [0.15, 0.2) is 72.8 Å². The molecule has 0 radical (unpaired) electrons. The SMILES string of the molecule is Cc1ccc(C(C)(C)c2ccc(C)cc2)cc1.Cc1ccc(C)cc1. The first-order chi connectivity index (χ1) is 11.8. The molecule has 130 valence electrons. The molecule has 0 amide bonds. The van der Waals surface area contributed by atoms with Crippen molar-refractivity contribution in [3.05, 3.63) is 106 Å². The number of aryl methyl sites for hydroxylation is 4. The summed E-state index contributed by atoms with van der Waals surface area (Å²) in [6, 6.07) is 26.1. The van der Waals surface area contributed by atoms with Crippen LogP contribution in [0.25, 0.3) is 0 Å². The molecule has 0 aliphatic carbocycles. The summed E-state index contributed by atoms with van der Waals surface area (Å²) in [5.74, 6) is 0. The van der Waals surface area contributed by atoms with Crippen LogP contribution in [0.3, 0.4) is 0 Å². The van der Waals surface area contributed by atoms with E-state index in [0.29, 0.717) is 0 Å². The van der Waals surface area contributed by atoms with Crippen LogP contribution in [0, 0.1) is 27.7 Å². The van der Waals surface area contributed by atoms with Gasteiger partial charge < -0.3 is 0 Å². The molecule has 0 N–H and O–H groups in total. The average Bonchev–Trinajstić information content (AvgIpc) is 2.59. The molecule has 0 bridgehead atoms. The number of benzene rings is 3. The van der Waals surface area contributed by atoms with Gasteiger partial charge in [-0.15, -0.1) is 0 Å². The van der Waals surface area contributed by atoms with Gasteiger partial charge in [-0.2, -0.15) is 0 Å². The Bertz CT molecular complexity index is 704. The van der Waals surface area contributed by atoms with E-state index in [-0.39, 0.29) is 5.41 Å². The molecule has 0 aliphatic heterocycles. The largest absolute Gasteiger partial charge is 0.0591 e. The molecule has 0 aliphatic rings. The van der Waals surface area contributed by atoms with Gasteiger partial charge >= 0.3 is 0 Å². The fourth-order valence-corrected chi connectivity index (χ4v) is 2.74. The zero-order valence-corrected chi connectivity index (χ0v) is 16.4. The van der Waals surface area contributed by atoms with Crippen molar-refractivity contribution >= 4 is 0 Å². The standard InChI is InChI=1S/C17H20.C8H10/c1-13-5-9-15(10-6-13)17(3,4)16-11-7-14(2)8-12-16;1-7-3-5-8(2)6-4-7/h5-12H,1-4H3;3-6H,1-2H3. The van der Waals surface area contributed by atoms with E-state index < -0.39 is 0 Å². The molecule has 0 fully saturated rings. The highest BCUT2D eigenvalue weighted by Gasteiger charge is 2.22. The van der Waals surface area contributed by atoms with Gasteiger partial charge in [0.15, 0.2) is 0 Å². The van der Waals surface area contributed by atoms with Gasteiger partial charge in [-0.3, -0.25) is 0 Å². The van der Waals surface area contributed by atoms with Crippen molar-refractivity contribution in [1.29, 1.82) is 0 Å². The Morgan fingerprint density at radius 2 is 0.600 bits per heavy atom. The highest BCUT2D eigenvalue weighted by Crippen LogP contribution is 2.31. The van der Waals surface area contributed by atoms with Crippen LogP contribution in [0.2, 0.25) is 0 Å². The normalized spacial score (nSPS) is 10.8. The van der Waals surface area contributed by atoms with Crippen molar-refractivity contribution in [2.75, 3.05) is 0 Å². The lowest BCUT2D eigenvalue weighted by atomic mass is 9.78. The van der Waals surface area contributed by atoms with Crippen LogP contribution in [0.5, 0.6) is 0 Å². The van der Waals surface area contributed by atoms with Crippen LogP contribution in [-0.4, -0.2) is 0 Å². The van der Waals surface area contributed by atoms with E-state index in [0.717, 1.165) is 0 Å². The van der Waals surface area contributed by atoms with Gasteiger partial charge in [0.2, 0.25) is 0 Å². The third-order valence-corrected chi connectivity index (χ3v) is 4.76. The van der Waals surface area contributed by atoms with E-state index in [2.05, 4.69) is 114 Å². The van der Waals surface area contributed by atoms with Crippen LogP contribution >= 0.6 is 0 Å². The molecule has 0 heteroatoms. The van der Waals surface area contributed by atoms with Crippen molar-refractivity contribution in [1.82, 2.24) is 0 Å². The summed E-state index contributed by atoms with van der Waals surface area (Å²) in [7, 11) is 0. The lowest BCUT2D eigenvalue weighted by Crippen LogP contribution is -2.18. The van der Waals surface area contributed by atoms with Crippen LogP contribution in [0.1, 0.15) is 47.2 Å². The van der Waals surface area contributed by atoms with Crippen LogP contribution in [0.4, 0.5) is 0 Å². The van der Waals surface area contributed by atoms with Crippen molar-refractivity contribution in [2.45, 2.75) is 47.0 Å². The molecule has 0 heterocycles. The summed E-state index contributed by atoms with van der Waals surface area (Å²) in [5.41, 5.74) is 8.09. The van der Waals surface area contributed by atoms with Gasteiger partial charge in [0.05, 0.1) is 0 Å². The molecule has 0 saturated carbocycles. The molecule has 3 rings (SSSR count). The van der Waals surface area contributed by atoms with E-state index >= 15 is 0 Å². The molecular formula is C25H30. The van der Waals surface area contributed by atoms with Crippen molar-refractivity contribution in [2.24, 2.45) is 0 Å². The van der Waals surface area contributed by atoms with E-state index in [1.54, 1.807) is 0 Å². The second kappa shape index (κ2) is 8.16. The summed E-state index contributed by atoms with van der Waals surface area (Å²) >= 11 is 0. The van der Waals surface area contributed by atoms with E-state index in [1.165, 1.54) is 33.4 Å². The zero-order valence-electron chi connectivity index (χ0n) is 16.4. The summed E-state index contributed by atoms with van der Waals surface area (Å²) in [6.07, 6.45) is 0. The molecule has 0 atom stereocenters. The second-order valence-electron chi connectivity index (χ2n) is 7.51. The lowest BCUT2D eigenvalue weighted by molar-refractivity contribution is 0.640. The lowest BCUT2D eigenvalue weighted by Gasteiger charge is -2.26. The van der Waals surface area contributed by atoms with E-state index in [1.807, 2.05) is 0 Å². The van der Waals surface area contributed by atoms with Crippen molar-refractivity contribution in [3.63, 3.8) is 0 Å². The third-order valence-electron chi connectivity index (χ3n) is 4.76. The molecule has 0 aromatic heterocycles. The van der Waals surface area contributed by atoms with Crippen LogP contribution in [-0.2, 0) is 5.41 Å². The summed E-state index contributed by atoms with van der Waals surface area (Å²) in [4.78, 5) is 0. The minimum absolute atomic E-state index is 0.0708. The Kier molecular flexibility index (Phi) is 6.20. The Hall–Kier alpha value is -2.34. The second-order valence-corrected chi connectivity index (χ2v) is 7.51. The summed E-state index contributed by atoms with van der Waals surface area (Å²) in [6.45, 7) is 13.0. The highest BCUT2D eigenvalue weighted by atomic mass is 14.3. The smallest absolute Gasteiger partial charge is 0.0146 e. The predicted molar refractivity (Wildman–Crippen MR) is 110 cm³/mol. The van der Waals surface area contributed by atoms with Crippen molar-refractivity contribution < 1.29 is 0 Å². The molecular weight excluding hydrogens is 300 g/mol. The molecule has 0 nitrogen and oxygen atoms in total. The number of hydrogen-bond acceptors (Lipinski definition) is 0. The average molecular weight is 331 g/mol. The van der Waals surface area contributed by atoms with E-state index in [4.69, 9.17) is 0 Å². The molecule has 0 spiro atoms. The number of rotatable bonds is 2. The quantitative estimate of drug-likeness (QED) is 0.478. The predicted octanol–water partition coefficient (Wildman–Crippen LogP) is 6.93.